The zero-order valence-electron chi connectivity index (χ0n) is 10.7. The van der Waals surface area contributed by atoms with E-state index in [1.165, 1.54) is 5.57 Å². The first-order valence-electron chi connectivity index (χ1n) is 6.13. The Hall–Kier alpha value is -1.31. The van der Waals surface area contributed by atoms with E-state index in [9.17, 15) is 4.79 Å². The molecule has 2 rings (SSSR count). The molecule has 2 aliphatic rings. The maximum Gasteiger partial charge on any atom is 0.311 e. The smallest absolute Gasteiger partial charge is 0.311 e. The molecule has 0 spiro atoms. The molecule has 1 saturated heterocycles. The Morgan fingerprint density at radius 3 is 2.50 bits per heavy atom. The van der Waals surface area contributed by atoms with Gasteiger partial charge >= 0.3 is 5.97 Å². The lowest BCUT2D eigenvalue weighted by molar-refractivity contribution is -0.140. The van der Waals surface area contributed by atoms with Crippen LogP contribution in [0.25, 0.3) is 0 Å². The van der Waals surface area contributed by atoms with E-state index in [-0.39, 0.29) is 5.97 Å². The van der Waals surface area contributed by atoms with Gasteiger partial charge in [-0.15, -0.1) is 0 Å². The fraction of sp³-hybridized carbons (Fsp3) is 0.500. The summed E-state index contributed by atoms with van der Waals surface area (Å²) >= 11 is 0. The molecule has 0 atom stereocenters. The predicted octanol–water partition coefficient (Wildman–Crippen LogP) is 4.15. The van der Waals surface area contributed by atoms with Crippen molar-refractivity contribution in [1.82, 2.24) is 0 Å². The lowest BCUT2D eigenvalue weighted by Gasteiger charge is -2.16. The summed E-state index contributed by atoms with van der Waals surface area (Å²) in [4.78, 5) is 10.9. The SMILES string of the molecule is CC.CC.O=C1CCC2=CCC=CC=C2O1. The van der Waals surface area contributed by atoms with Gasteiger partial charge in [-0.05, 0) is 24.5 Å². The normalized spacial score (nSPS) is 17.1. The quantitative estimate of drug-likeness (QED) is 0.576. The average molecular weight is 222 g/mol. The molecule has 2 heteroatoms. The number of fused-ring (bicyclic) bond motifs is 1. The maximum absolute atomic E-state index is 10.9. The summed E-state index contributed by atoms with van der Waals surface area (Å²) in [7, 11) is 0. The molecule has 0 N–H and O–H groups in total. The highest BCUT2D eigenvalue weighted by Crippen LogP contribution is 2.26. The summed E-state index contributed by atoms with van der Waals surface area (Å²) in [6.45, 7) is 8.00. The summed E-state index contributed by atoms with van der Waals surface area (Å²) in [6, 6.07) is 0. The summed E-state index contributed by atoms with van der Waals surface area (Å²) in [5.74, 6) is 0.619. The minimum atomic E-state index is -0.117. The van der Waals surface area contributed by atoms with E-state index in [2.05, 4.69) is 6.08 Å². The predicted molar refractivity (Wildman–Crippen MR) is 67.9 cm³/mol. The van der Waals surface area contributed by atoms with Crippen molar-refractivity contribution in [2.24, 2.45) is 0 Å². The van der Waals surface area contributed by atoms with Crippen molar-refractivity contribution < 1.29 is 9.53 Å². The molecule has 0 aromatic heterocycles. The molecule has 1 aliphatic heterocycles. The van der Waals surface area contributed by atoms with Gasteiger partial charge in [-0.1, -0.05) is 45.9 Å². The molecule has 0 saturated carbocycles. The van der Waals surface area contributed by atoms with Crippen LogP contribution >= 0.6 is 0 Å². The minimum absolute atomic E-state index is 0.117. The first-order chi connectivity index (χ1) is 7.86. The number of rotatable bonds is 0. The van der Waals surface area contributed by atoms with E-state index in [0.717, 1.165) is 18.6 Å². The molecule has 1 fully saturated rings. The fourth-order valence-corrected chi connectivity index (χ4v) is 1.39. The number of hydrogen-bond acceptors (Lipinski definition) is 2. The average Bonchev–Trinajstić information content (AvgIpc) is 2.59. The van der Waals surface area contributed by atoms with Crippen molar-refractivity contribution in [3.8, 4) is 0 Å². The van der Waals surface area contributed by atoms with E-state index >= 15 is 0 Å². The second-order valence-corrected chi connectivity index (χ2v) is 2.90. The van der Waals surface area contributed by atoms with E-state index in [1.54, 1.807) is 0 Å². The van der Waals surface area contributed by atoms with Gasteiger partial charge in [-0.3, -0.25) is 4.79 Å². The molecule has 0 radical (unpaired) electrons. The molecule has 16 heavy (non-hydrogen) atoms. The number of hydrogen-bond donors (Lipinski definition) is 0. The van der Waals surface area contributed by atoms with E-state index in [0.29, 0.717) is 6.42 Å². The number of esters is 1. The third-order valence-electron chi connectivity index (χ3n) is 2.02. The van der Waals surface area contributed by atoms with E-state index in [1.807, 2.05) is 45.9 Å². The molecule has 2 nitrogen and oxygen atoms in total. The molecule has 0 aromatic carbocycles. The molecule has 0 unspecified atom stereocenters. The van der Waals surface area contributed by atoms with Gasteiger partial charge in [-0.25, -0.2) is 0 Å². The highest BCUT2D eigenvalue weighted by molar-refractivity contribution is 5.74. The van der Waals surface area contributed by atoms with E-state index < -0.39 is 0 Å². The second kappa shape index (κ2) is 8.96. The van der Waals surface area contributed by atoms with Gasteiger partial charge in [0.2, 0.25) is 0 Å². The van der Waals surface area contributed by atoms with Crippen molar-refractivity contribution in [3.63, 3.8) is 0 Å². The lowest BCUT2D eigenvalue weighted by atomic mass is 10.1. The second-order valence-electron chi connectivity index (χ2n) is 2.90. The summed E-state index contributed by atoms with van der Waals surface area (Å²) in [5, 5.41) is 0. The van der Waals surface area contributed by atoms with E-state index in [4.69, 9.17) is 4.74 Å². The third kappa shape index (κ3) is 4.47. The minimum Gasteiger partial charge on any atom is -0.426 e. The fourth-order valence-electron chi connectivity index (χ4n) is 1.39. The van der Waals surface area contributed by atoms with Gasteiger partial charge in [0, 0.05) is 0 Å². The van der Waals surface area contributed by atoms with Crippen molar-refractivity contribution in [1.29, 1.82) is 0 Å². The molecule has 0 amide bonds. The Morgan fingerprint density at radius 2 is 1.81 bits per heavy atom. The Kier molecular flexibility index (Phi) is 8.22. The molecule has 0 bridgehead atoms. The van der Waals surface area contributed by atoms with Crippen LogP contribution in [0.15, 0.2) is 35.6 Å². The van der Waals surface area contributed by atoms with Crippen LogP contribution in [-0.4, -0.2) is 5.97 Å². The monoisotopic (exact) mass is 222 g/mol. The standard InChI is InChI=1S/C10H10O2.2C2H6/c11-10-7-6-8-4-2-1-3-5-9(8)12-10;2*1-2/h1,3-5H,2,6-7H2;2*1-2H3. The topological polar surface area (TPSA) is 26.3 Å². The lowest BCUT2D eigenvalue weighted by Crippen LogP contribution is -2.12. The van der Waals surface area contributed by atoms with Crippen LogP contribution in [0.1, 0.15) is 47.0 Å². The number of carbonyl (C=O) groups excluding carboxylic acids is 1. The van der Waals surface area contributed by atoms with Crippen molar-refractivity contribution in [2.75, 3.05) is 0 Å². The van der Waals surface area contributed by atoms with Gasteiger partial charge < -0.3 is 4.74 Å². The van der Waals surface area contributed by atoms with Gasteiger partial charge in [0.1, 0.15) is 5.76 Å². The molecule has 1 heterocycles. The van der Waals surface area contributed by atoms with Crippen LogP contribution in [0.2, 0.25) is 0 Å². The van der Waals surface area contributed by atoms with Crippen molar-refractivity contribution in [2.45, 2.75) is 47.0 Å². The van der Waals surface area contributed by atoms with Crippen LogP contribution in [0.3, 0.4) is 0 Å². The van der Waals surface area contributed by atoms with Crippen LogP contribution < -0.4 is 0 Å². The number of carbonyl (C=O) groups is 1. The number of allylic oxidation sites excluding steroid dienone is 5. The van der Waals surface area contributed by atoms with Gasteiger partial charge in [0.25, 0.3) is 0 Å². The largest absolute Gasteiger partial charge is 0.426 e. The molecular formula is C14H22O2. The maximum atomic E-state index is 10.9. The molecule has 0 aromatic rings. The zero-order valence-corrected chi connectivity index (χ0v) is 10.7. The van der Waals surface area contributed by atoms with Gasteiger partial charge in [0.05, 0.1) is 6.42 Å². The van der Waals surface area contributed by atoms with Crippen molar-refractivity contribution >= 4 is 5.97 Å². The Labute approximate surface area is 98.7 Å². The van der Waals surface area contributed by atoms with Gasteiger partial charge in [0.15, 0.2) is 0 Å². The highest BCUT2D eigenvalue weighted by Gasteiger charge is 2.18. The van der Waals surface area contributed by atoms with Crippen LogP contribution in [-0.2, 0) is 9.53 Å². The third-order valence-corrected chi connectivity index (χ3v) is 2.02. The highest BCUT2D eigenvalue weighted by atomic mass is 16.5. The van der Waals surface area contributed by atoms with Crippen LogP contribution in [0.4, 0.5) is 0 Å². The van der Waals surface area contributed by atoms with Crippen LogP contribution in [0, 0.1) is 0 Å². The van der Waals surface area contributed by atoms with Crippen LogP contribution in [0.5, 0.6) is 0 Å². The summed E-state index contributed by atoms with van der Waals surface area (Å²) in [5.41, 5.74) is 1.17. The first kappa shape index (κ1) is 14.7. The first-order valence-corrected chi connectivity index (χ1v) is 6.13. The summed E-state index contributed by atoms with van der Waals surface area (Å²) in [6.07, 6.45) is 10.2. The van der Waals surface area contributed by atoms with Gasteiger partial charge in [-0.2, -0.15) is 0 Å². The molecule has 1 aliphatic carbocycles. The van der Waals surface area contributed by atoms with Crippen molar-refractivity contribution in [3.05, 3.63) is 35.6 Å². The Morgan fingerprint density at radius 1 is 1.12 bits per heavy atom. The Bertz CT molecular complexity index is 296. The molecular weight excluding hydrogens is 200 g/mol. The Balaban J connectivity index is 0.000000509. The zero-order chi connectivity index (χ0) is 12.4. The summed E-state index contributed by atoms with van der Waals surface area (Å²) < 4.78 is 5.07. The number of ether oxygens (including phenoxy) is 1. The molecule has 90 valence electrons.